The summed E-state index contributed by atoms with van der Waals surface area (Å²) < 4.78 is 26.3. The average Bonchev–Trinajstić information content (AvgIpc) is 3.97. The van der Waals surface area contributed by atoms with E-state index in [1.807, 2.05) is 39.8 Å². The predicted molar refractivity (Wildman–Crippen MR) is 207 cm³/mol. The van der Waals surface area contributed by atoms with Crippen molar-refractivity contribution in [1.82, 2.24) is 9.80 Å². The highest BCUT2D eigenvalue weighted by Gasteiger charge is 2.65. The standard InChI is InChI=1S/C41H62ClN3O8/c1-6-17-45(39(48)50-24-16-42)36-28-34(43-53-40(3,4)5)32-26-29(12-8-10-21-46)31(13-9-11-22-47)37-33-27-30(49-25-20-44-18-19-44)14-15-35(33)52-41(36,38(32)37)51-23-7-2/h7,14-15,26-27,29,31,36-38,46-47H,2,6,8-13,16-25,28H2,1,3-5H3/t29-,31+,36-,37+,38+,41+/m0/s1. The van der Waals surface area contributed by atoms with E-state index >= 15 is 0 Å². The van der Waals surface area contributed by atoms with Crippen LogP contribution in [0.15, 0.2) is 47.7 Å². The molecule has 1 aromatic carbocycles. The third kappa shape index (κ3) is 10.1. The maximum atomic E-state index is 14.0. The molecule has 11 nitrogen and oxygen atoms in total. The fraction of sp³-hybridized carbons (Fsp3) is 0.707. The van der Waals surface area contributed by atoms with Gasteiger partial charge in [0.2, 0.25) is 5.79 Å². The zero-order valence-electron chi connectivity index (χ0n) is 32.3. The molecule has 6 atom stereocenters. The van der Waals surface area contributed by atoms with Crippen molar-refractivity contribution in [3.05, 3.63) is 48.1 Å². The number of rotatable bonds is 21. The average molecular weight is 760 g/mol. The summed E-state index contributed by atoms with van der Waals surface area (Å²) in [6, 6.07) is 5.44. The van der Waals surface area contributed by atoms with E-state index < -0.39 is 29.4 Å². The maximum Gasteiger partial charge on any atom is 0.410 e. The van der Waals surface area contributed by atoms with Crippen LogP contribution in [-0.4, -0.2) is 114 Å². The Hall–Kier alpha value is -2.83. The minimum Gasteiger partial charge on any atom is -0.492 e. The highest BCUT2D eigenvalue weighted by Crippen LogP contribution is 2.62. The molecule has 2 aliphatic carbocycles. The minimum absolute atomic E-state index is 0.0752. The number of nitrogens with zero attached hydrogens (tertiary/aromatic N) is 3. The number of halogens is 1. The number of ether oxygens (including phenoxy) is 4. The van der Waals surface area contributed by atoms with Gasteiger partial charge in [0.1, 0.15) is 36.4 Å². The van der Waals surface area contributed by atoms with Crippen LogP contribution in [-0.2, 0) is 14.3 Å². The van der Waals surface area contributed by atoms with Crippen LogP contribution in [0.4, 0.5) is 4.79 Å². The molecule has 0 radical (unpaired) electrons. The van der Waals surface area contributed by atoms with E-state index in [0.29, 0.717) is 44.6 Å². The van der Waals surface area contributed by atoms with Gasteiger partial charge in [0.25, 0.3) is 0 Å². The summed E-state index contributed by atoms with van der Waals surface area (Å²) in [7, 11) is 0. The summed E-state index contributed by atoms with van der Waals surface area (Å²) in [5.41, 5.74) is 2.23. The van der Waals surface area contributed by atoms with Gasteiger partial charge in [-0.3, -0.25) is 9.80 Å². The molecule has 1 saturated carbocycles. The quantitative estimate of drug-likeness (QED) is 0.0453. The molecule has 4 aliphatic rings. The Morgan fingerprint density at radius 1 is 1.15 bits per heavy atom. The Labute approximate surface area is 321 Å². The molecule has 1 aromatic rings. The lowest BCUT2D eigenvalue weighted by Crippen LogP contribution is -2.70. The van der Waals surface area contributed by atoms with E-state index in [0.717, 1.165) is 67.9 Å². The van der Waals surface area contributed by atoms with Crippen molar-refractivity contribution in [2.24, 2.45) is 22.9 Å². The number of amides is 1. The molecule has 2 heterocycles. The molecule has 2 N–H and O–H groups in total. The largest absolute Gasteiger partial charge is 0.492 e. The number of carbonyl (C=O) groups is 1. The molecule has 53 heavy (non-hydrogen) atoms. The van der Waals surface area contributed by atoms with Crippen LogP contribution < -0.4 is 9.47 Å². The van der Waals surface area contributed by atoms with Crippen molar-refractivity contribution >= 4 is 23.4 Å². The number of oxime groups is 1. The Kier molecular flexibility index (Phi) is 14.9. The fourth-order valence-electron chi connectivity index (χ4n) is 8.34. The summed E-state index contributed by atoms with van der Waals surface area (Å²) in [6.45, 7) is 16.6. The van der Waals surface area contributed by atoms with Crippen LogP contribution >= 0.6 is 11.6 Å². The lowest BCUT2D eigenvalue weighted by molar-refractivity contribution is -0.255. The third-order valence-corrected chi connectivity index (χ3v) is 10.8. The summed E-state index contributed by atoms with van der Waals surface area (Å²) in [6.07, 6.45) is 9.43. The van der Waals surface area contributed by atoms with Gasteiger partial charge in [-0.15, -0.1) is 18.2 Å². The van der Waals surface area contributed by atoms with Crippen LogP contribution in [0.3, 0.4) is 0 Å². The van der Waals surface area contributed by atoms with E-state index in [-0.39, 0.29) is 50.1 Å². The number of hydrogen-bond acceptors (Lipinski definition) is 10. The van der Waals surface area contributed by atoms with Crippen molar-refractivity contribution in [3.8, 4) is 11.5 Å². The molecular weight excluding hydrogens is 698 g/mol. The second-order valence-electron chi connectivity index (χ2n) is 15.7. The highest BCUT2D eigenvalue weighted by molar-refractivity contribution is 6.18. The second-order valence-corrected chi connectivity index (χ2v) is 16.0. The first-order valence-corrected chi connectivity index (χ1v) is 20.2. The number of fused-ring (bicyclic) bond motifs is 2. The maximum absolute atomic E-state index is 14.0. The van der Waals surface area contributed by atoms with E-state index in [2.05, 4.69) is 23.6 Å². The minimum atomic E-state index is -1.33. The number of alkyl halides is 1. The fourth-order valence-corrected chi connectivity index (χ4v) is 8.42. The topological polar surface area (TPSA) is 122 Å². The van der Waals surface area contributed by atoms with Gasteiger partial charge in [-0.2, -0.15) is 0 Å². The predicted octanol–water partition coefficient (Wildman–Crippen LogP) is 6.90. The number of carbonyl (C=O) groups excluding carboxylic acids is 1. The first-order chi connectivity index (χ1) is 25.6. The molecule has 2 aliphatic heterocycles. The van der Waals surface area contributed by atoms with Crippen molar-refractivity contribution in [3.63, 3.8) is 0 Å². The highest BCUT2D eigenvalue weighted by atomic mass is 35.5. The van der Waals surface area contributed by atoms with Gasteiger partial charge >= 0.3 is 6.09 Å². The van der Waals surface area contributed by atoms with Crippen molar-refractivity contribution in [1.29, 1.82) is 0 Å². The number of aliphatic hydroxyl groups excluding tert-OH is 2. The van der Waals surface area contributed by atoms with Gasteiger partial charge < -0.3 is 34.0 Å². The molecular formula is C41H62ClN3O8. The molecule has 0 aromatic heterocycles. The summed E-state index contributed by atoms with van der Waals surface area (Å²) >= 11 is 6.00. The Morgan fingerprint density at radius 3 is 2.57 bits per heavy atom. The summed E-state index contributed by atoms with van der Waals surface area (Å²) in [5.74, 6) is 0.0759. The molecule has 12 heteroatoms. The van der Waals surface area contributed by atoms with Crippen molar-refractivity contribution in [2.45, 2.75) is 102 Å². The lowest BCUT2D eigenvalue weighted by atomic mass is 9.55. The molecule has 0 spiro atoms. The molecule has 0 unspecified atom stereocenters. The lowest BCUT2D eigenvalue weighted by Gasteiger charge is -2.60. The van der Waals surface area contributed by atoms with Gasteiger partial charge in [0, 0.05) is 57.3 Å². The molecule has 5 rings (SSSR count). The molecule has 0 bridgehead atoms. The van der Waals surface area contributed by atoms with Gasteiger partial charge in [0.15, 0.2) is 0 Å². The van der Waals surface area contributed by atoms with Crippen molar-refractivity contribution < 1.29 is 38.8 Å². The normalized spacial score (nSPS) is 26.9. The first kappa shape index (κ1) is 41.3. The van der Waals surface area contributed by atoms with E-state index in [1.165, 1.54) is 0 Å². The molecule has 1 saturated heterocycles. The Balaban J connectivity index is 1.74. The van der Waals surface area contributed by atoms with E-state index in [9.17, 15) is 15.0 Å². The zero-order chi connectivity index (χ0) is 38.0. The van der Waals surface area contributed by atoms with E-state index in [1.54, 1.807) is 11.0 Å². The third-order valence-electron chi connectivity index (χ3n) is 10.7. The number of aliphatic hydroxyl groups is 2. The first-order valence-electron chi connectivity index (χ1n) is 19.7. The SMILES string of the molecule is C=CCO[C@@]12Oc3ccc(OCCN4CC4)cc3[C@H]3[C@H](CCCCO)[C@@H](CCCCO)C=C(C(=NOC(C)(C)C)C[C@@H]1N(CCC)C(=O)OCCCl)[C@H]32. The van der Waals surface area contributed by atoms with Gasteiger partial charge in [-0.1, -0.05) is 37.1 Å². The number of benzene rings is 1. The van der Waals surface area contributed by atoms with E-state index in [4.69, 9.17) is 40.5 Å². The van der Waals surface area contributed by atoms with Crippen LogP contribution in [0.25, 0.3) is 0 Å². The van der Waals surface area contributed by atoms with Crippen LogP contribution in [0, 0.1) is 17.8 Å². The monoisotopic (exact) mass is 759 g/mol. The van der Waals surface area contributed by atoms with Gasteiger partial charge in [0.05, 0.1) is 24.1 Å². The van der Waals surface area contributed by atoms with Crippen molar-refractivity contribution in [2.75, 3.05) is 65.1 Å². The Morgan fingerprint density at radius 2 is 1.91 bits per heavy atom. The zero-order valence-corrected chi connectivity index (χ0v) is 33.0. The van der Waals surface area contributed by atoms with Gasteiger partial charge in [-0.25, -0.2) is 4.79 Å². The molecule has 1 amide bonds. The number of hydrogen-bond donors (Lipinski definition) is 2. The van der Waals surface area contributed by atoms with Crippen LogP contribution in [0.5, 0.6) is 11.5 Å². The summed E-state index contributed by atoms with van der Waals surface area (Å²) in [4.78, 5) is 24.2. The second kappa shape index (κ2) is 19.2. The van der Waals surface area contributed by atoms with Crippen LogP contribution in [0.1, 0.15) is 90.5 Å². The summed E-state index contributed by atoms with van der Waals surface area (Å²) in [5, 5.41) is 24.5. The molecule has 296 valence electrons. The Bertz CT molecular complexity index is 1430. The number of allylic oxidation sites excluding steroid dienone is 1. The van der Waals surface area contributed by atoms with Crippen LogP contribution in [0.2, 0.25) is 0 Å². The van der Waals surface area contributed by atoms with Gasteiger partial charge in [-0.05, 0) is 88.5 Å². The smallest absolute Gasteiger partial charge is 0.410 e. The molecule has 2 fully saturated rings. The number of unbranched alkanes of at least 4 members (excludes halogenated alkanes) is 2.